The number of aromatic nitrogens is 2. The second kappa shape index (κ2) is 7.33. The molecule has 0 fully saturated rings. The van der Waals surface area contributed by atoms with Crippen LogP contribution in [0.2, 0.25) is 0 Å². The lowest BCUT2D eigenvalue weighted by Crippen LogP contribution is -2.18. The van der Waals surface area contributed by atoms with Crippen LogP contribution in [-0.2, 0) is 6.54 Å². The molecule has 0 aliphatic heterocycles. The van der Waals surface area contributed by atoms with E-state index in [2.05, 4.69) is 22.4 Å². The maximum atomic E-state index is 13.0. The third-order valence-corrected chi connectivity index (χ3v) is 4.44. The molecule has 0 bridgehead atoms. The zero-order chi connectivity index (χ0) is 18.6. The molecule has 0 unspecified atom stereocenters. The highest BCUT2D eigenvalue weighted by Crippen LogP contribution is 2.24. The minimum Gasteiger partial charge on any atom is -0.480 e. The molecule has 4 rings (SSSR count). The van der Waals surface area contributed by atoms with Gasteiger partial charge in [-0.3, -0.25) is 4.79 Å². The Morgan fingerprint density at radius 2 is 1.81 bits per heavy atom. The fraction of sp³-hybridized carbons (Fsp3) is 0.0909. The van der Waals surface area contributed by atoms with Crippen LogP contribution in [0, 0.1) is 0 Å². The molecule has 5 heteroatoms. The molecule has 1 amide bonds. The van der Waals surface area contributed by atoms with E-state index in [4.69, 9.17) is 4.74 Å². The molecular weight excluding hydrogens is 338 g/mol. The fourth-order valence-corrected chi connectivity index (χ4v) is 3.17. The number of methoxy groups -OCH3 is 1. The Bertz CT molecular complexity index is 1090. The number of rotatable bonds is 5. The third kappa shape index (κ3) is 3.40. The SMILES string of the molecule is COc1ncccc1NC(=O)c1cc2ccccc2n1Cc1ccccc1. The van der Waals surface area contributed by atoms with E-state index in [0.717, 1.165) is 16.5 Å². The molecule has 5 nitrogen and oxygen atoms in total. The summed E-state index contributed by atoms with van der Waals surface area (Å²) in [4.78, 5) is 17.2. The average Bonchev–Trinajstić information content (AvgIpc) is 3.08. The first-order valence-electron chi connectivity index (χ1n) is 8.69. The summed E-state index contributed by atoms with van der Waals surface area (Å²) in [5, 5.41) is 3.94. The Morgan fingerprint density at radius 3 is 2.63 bits per heavy atom. The number of carbonyl (C=O) groups excluding carboxylic acids is 1. The highest BCUT2D eigenvalue weighted by molar-refractivity contribution is 6.07. The molecule has 0 radical (unpaired) electrons. The van der Waals surface area contributed by atoms with Crippen molar-refractivity contribution in [3.05, 3.63) is 90.3 Å². The van der Waals surface area contributed by atoms with Crippen molar-refractivity contribution in [2.75, 3.05) is 12.4 Å². The van der Waals surface area contributed by atoms with Crippen LogP contribution in [0.5, 0.6) is 5.88 Å². The van der Waals surface area contributed by atoms with Gasteiger partial charge in [-0.1, -0.05) is 48.5 Å². The molecule has 0 spiro atoms. The van der Waals surface area contributed by atoms with Gasteiger partial charge in [-0.25, -0.2) is 4.98 Å². The number of nitrogens with zero attached hydrogens (tertiary/aromatic N) is 2. The lowest BCUT2D eigenvalue weighted by atomic mass is 10.2. The molecule has 1 N–H and O–H groups in total. The second-order valence-electron chi connectivity index (χ2n) is 6.17. The van der Waals surface area contributed by atoms with Gasteiger partial charge in [-0.2, -0.15) is 0 Å². The van der Waals surface area contributed by atoms with Gasteiger partial charge in [0.2, 0.25) is 5.88 Å². The number of pyridine rings is 1. The molecule has 2 aromatic carbocycles. The summed E-state index contributed by atoms with van der Waals surface area (Å²) >= 11 is 0. The molecule has 0 aliphatic carbocycles. The molecule has 2 aromatic heterocycles. The molecule has 4 aromatic rings. The van der Waals surface area contributed by atoms with Crippen LogP contribution in [0.3, 0.4) is 0 Å². The van der Waals surface area contributed by atoms with Gasteiger partial charge < -0.3 is 14.6 Å². The van der Waals surface area contributed by atoms with Crippen molar-refractivity contribution in [3.8, 4) is 5.88 Å². The zero-order valence-corrected chi connectivity index (χ0v) is 14.9. The van der Waals surface area contributed by atoms with Crippen molar-refractivity contribution in [1.29, 1.82) is 0 Å². The summed E-state index contributed by atoms with van der Waals surface area (Å²) in [7, 11) is 1.53. The van der Waals surface area contributed by atoms with Crippen molar-refractivity contribution >= 4 is 22.5 Å². The number of benzene rings is 2. The van der Waals surface area contributed by atoms with E-state index in [1.807, 2.05) is 53.1 Å². The first kappa shape index (κ1) is 16.8. The maximum absolute atomic E-state index is 13.0. The topological polar surface area (TPSA) is 56.1 Å². The summed E-state index contributed by atoms with van der Waals surface area (Å²) in [6, 6.07) is 23.5. The van der Waals surface area contributed by atoms with Crippen molar-refractivity contribution in [3.63, 3.8) is 0 Å². The van der Waals surface area contributed by atoms with Crippen LogP contribution in [0.1, 0.15) is 16.1 Å². The summed E-state index contributed by atoms with van der Waals surface area (Å²) in [5.74, 6) is 0.185. The number of anilines is 1. The highest BCUT2D eigenvalue weighted by Gasteiger charge is 2.17. The average molecular weight is 357 g/mol. The predicted molar refractivity (Wildman–Crippen MR) is 106 cm³/mol. The number of amides is 1. The van der Waals surface area contributed by atoms with Crippen molar-refractivity contribution in [1.82, 2.24) is 9.55 Å². The summed E-state index contributed by atoms with van der Waals surface area (Å²) in [6.45, 7) is 0.612. The largest absolute Gasteiger partial charge is 0.480 e. The Balaban J connectivity index is 1.74. The van der Waals surface area contributed by atoms with Crippen LogP contribution >= 0.6 is 0 Å². The van der Waals surface area contributed by atoms with E-state index in [0.29, 0.717) is 23.8 Å². The number of nitrogens with one attached hydrogen (secondary N) is 1. The van der Waals surface area contributed by atoms with E-state index in [9.17, 15) is 4.79 Å². The van der Waals surface area contributed by atoms with Crippen molar-refractivity contribution in [2.45, 2.75) is 6.54 Å². The zero-order valence-electron chi connectivity index (χ0n) is 14.9. The van der Waals surface area contributed by atoms with Crippen LogP contribution in [-0.4, -0.2) is 22.6 Å². The summed E-state index contributed by atoms with van der Waals surface area (Å²) in [6.07, 6.45) is 1.63. The number of fused-ring (bicyclic) bond motifs is 1. The van der Waals surface area contributed by atoms with E-state index in [1.54, 1.807) is 18.3 Å². The third-order valence-electron chi connectivity index (χ3n) is 4.44. The molecule has 0 aliphatic rings. The number of para-hydroxylation sites is 1. The van der Waals surface area contributed by atoms with E-state index in [1.165, 1.54) is 7.11 Å². The molecule has 27 heavy (non-hydrogen) atoms. The molecule has 2 heterocycles. The van der Waals surface area contributed by atoms with Gasteiger partial charge in [0, 0.05) is 23.6 Å². The quantitative estimate of drug-likeness (QED) is 0.578. The normalized spacial score (nSPS) is 10.7. The van der Waals surface area contributed by atoms with Gasteiger partial charge in [-0.15, -0.1) is 0 Å². The van der Waals surface area contributed by atoms with Gasteiger partial charge in [0.25, 0.3) is 5.91 Å². The Labute approximate surface area is 157 Å². The number of hydrogen-bond donors (Lipinski definition) is 1. The summed E-state index contributed by atoms with van der Waals surface area (Å²) < 4.78 is 7.26. The fourth-order valence-electron chi connectivity index (χ4n) is 3.17. The van der Waals surface area contributed by atoms with Crippen molar-refractivity contribution in [2.24, 2.45) is 0 Å². The van der Waals surface area contributed by atoms with Gasteiger partial charge in [-0.05, 0) is 29.8 Å². The number of carbonyl (C=O) groups is 1. The molecular formula is C22H19N3O2. The van der Waals surface area contributed by atoms with Gasteiger partial charge in [0.1, 0.15) is 11.4 Å². The van der Waals surface area contributed by atoms with Crippen LogP contribution in [0.4, 0.5) is 5.69 Å². The Hall–Kier alpha value is -3.60. The molecule has 0 saturated heterocycles. The lowest BCUT2D eigenvalue weighted by molar-refractivity contribution is 0.101. The highest BCUT2D eigenvalue weighted by atomic mass is 16.5. The molecule has 0 saturated carbocycles. The summed E-state index contributed by atoms with van der Waals surface area (Å²) in [5.41, 5.74) is 3.28. The minimum atomic E-state index is -0.201. The standard InChI is InChI=1S/C22H19N3O2/c1-27-22-18(11-7-13-23-22)24-21(26)20-14-17-10-5-6-12-19(17)25(20)15-16-8-3-2-4-9-16/h2-14H,15H2,1H3,(H,24,26). The first-order chi connectivity index (χ1) is 13.3. The Kier molecular flexibility index (Phi) is 4.58. The van der Waals surface area contributed by atoms with E-state index < -0.39 is 0 Å². The molecule has 0 atom stereocenters. The number of ether oxygens (including phenoxy) is 1. The van der Waals surface area contributed by atoms with Gasteiger partial charge in [0.05, 0.1) is 7.11 Å². The number of hydrogen-bond acceptors (Lipinski definition) is 3. The van der Waals surface area contributed by atoms with Gasteiger partial charge >= 0.3 is 0 Å². The lowest BCUT2D eigenvalue weighted by Gasteiger charge is -2.12. The smallest absolute Gasteiger partial charge is 0.272 e. The van der Waals surface area contributed by atoms with Crippen LogP contribution < -0.4 is 10.1 Å². The van der Waals surface area contributed by atoms with Gasteiger partial charge in [0.15, 0.2) is 0 Å². The van der Waals surface area contributed by atoms with Crippen LogP contribution in [0.15, 0.2) is 79.0 Å². The van der Waals surface area contributed by atoms with E-state index in [-0.39, 0.29) is 5.91 Å². The van der Waals surface area contributed by atoms with Crippen molar-refractivity contribution < 1.29 is 9.53 Å². The Morgan fingerprint density at radius 1 is 1.04 bits per heavy atom. The van der Waals surface area contributed by atoms with E-state index >= 15 is 0 Å². The first-order valence-corrected chi connectivity index (χ1v) is 8.69. The predicted octanol–water partition coefficient (Wildman–Crippen LogP) is 4.35. The maximum Gasteiger partial charge on any atom is 0.272 e. The monoisotopic (exact) mass is 357 g/mol. The minimum absolute atomic E-state index is 0.201. The second-order valence-corrected chi connectivity index (χ2v) is 6.17. The van der Waals surface area contributed by atoms with Crippen LogP contribution in [0.25, 0.3) is 10.9 Å². The molecule has 134 valence electrons.